The number of aliphatic hydroxyl groups excluding tert-OH is 1. The summed E-state index contributed by atoms with van der Waals surface area (Å²) in [6.07, 6.45) is 1.65. The molecule has 1 aromatic carbocycles. The topological polar surface area (TPSA) is 46.5 Å². The van der Waals surface area contributed by atoms with Crippen LogP contribution in [0.15, 0.2) is 41.4 Å². The summed E-state index contributed by atoms with van der Waals surface area (Å²) in [5.74, 6) is -0.351. The molecule has 0 amide bonds. The van der Waals surface area contributed by atoms with Gasteiger partial charge in [0.2, 0.25) is 0 Å². The lowest BCUT2D eigenvalue weighted by atomic mass is 10.1. The second-order valence-corrected chi connectivity index (χ2v) is 3.79. The van der Waals surface area contributed by atoms with Crippen LogP contribution >= 0.6 is 0 Å². The van der Waals surface area contributed by atoms with E-state index in [1.165, 1.54) is 6.92 Å². The minimum absolute atomic E-state index is 0.0773. The van der Waals surface area contributed by atoms with Crippen molar-refractivity contribution in [2.75, 3.05) is 0 Å². The summed E-state index contributed by atoms with van der Waals surface area (Å²) in [6, 6.07) is 7.71. The number of hydrogen-bond acceptors (Lipinski definition) is 3. The van der Waals surface area contributed by atoms with Crippen LogP contribution in [0.2, 0.25) is 0 Å². The van der Waals surface area contributed by atoms with Gasteiger partial charge in [-0.25, -0.2) is 4.79 Å². The first-order valence-corrected chi connectivity index (χ1v) is 4.98. The third-order valence-corrected chi connectivity index (χ3v) is 2.44. The first-order chi connectivity index (χ1) is 7.58. The molecule has 82 valence electrons. The van der Waals surface area contributed by atoms with Gasteiger partial charge in [-0.15, -0.1) is 0 Å². The number of cyclic esters (lactones) is 1. The highest BCUT2D eigenvalue weighted by Gasteiger charge is 2.25. The van der Waals surface area contributed by atoms with Crippen LogP contribution in [-0.4, -0.2) is 11.1 Å². The zero-order chi connectivity index (χ0) is 11.7. The van der Waals surface area contributed by atoms with E-state index in [1.807, 2.05) is 31.2 Å². The van der Waals surface area contributed by atoms with E-state index in [4.69, 9.17) is 4.74 Å². The molecule has 0 aliphatic carbocycles. The quantitative estimate of drug-likeness (QED) is 0.734. The molecular formula is C13H12O3. The zero-order valence-corrected chi connectivity index (χ0v) is 9.15. The van der Waals surface area contributed by atoms with Crippen LogP contribution in [0.3, 0.4) is 0 Å². The van der Waals surface area contributed by atoms with E-state index in [0.29, 0.717) is 0 Å². The van der Waals surface area contributed by atoms with E-state index >= 15 is 0 Å². The first kappa shape index (κ1) is 10.5. The van der Waals surface area contributed by atoms with Crippen molar-refractivity contribution in [3.05, 3.63) is 52.5 Å². The van der Waals surface area contributed by atoms with E-state index < -0.39 is 5.97 Å². The second-order valence-electron chi connectivity index (χ2n) is 3.79. The summed E-state index contributed by atoms with van der Waals surface area (Å²) in [5.41, 5.74) is 2.25. The molecule has 0 atom stereocenters. The lowest BCUT2D eigenvalue weighted by Crippen LogP contribution is -1.94. The molecule has 3 heteroatoms. The van der Waals surface area contributed by atoms with Crippen molar-refractivity contribution in [2.45, 2.75) is 13.8 Å². The van der Waals surface area contributed by atoms with Crippen molar-refractivity contribution in [2.24, 2.45) is 0 Å². The predicted molar refractivity (Wildman–Crippen MR) is 60.6 cm³/mol. The van der Waals surface area contributed by atoms with Crippen LogP contribution in [0, 0.1) is 6.92 Å². The fraction of sp³-hybridized carbons (Fsp3) is 0.154. The van der Waals surface area contributed by atoms with Gasteiger partial charge >= 0.3 is 5.97 Å². The van der Waals surface area contributed by atoms with Crippen molar-refractivity contribution < 1.29 is 14.6 Å². The van der Waals surface area contributed by atoms with Crippen LogP contribution in [0.1, 0.15) is 18.1 Å². The highest BCUT2D eigenvalue weighted by molar-refractivity contribution is 5.94. The van der Waals surface area contributed by atoms with Gasteiger partial charge < -0.3 is 9.84 Å². The van der Waals surface area contributed by atoms with Gasteiger partial charge in [-0.2, -0.15) is 0 Å². The van der Waals surface area contributed by atoms with E-state index in [-0.39, 0.29) is 17.1 Å². The van der Waals surface area contributed by atoms with Gasteiger partial charge in [0.15, 0.2) is 11.5 Å². The highest BCUT2D eigenvalue weighted by atomic mass is 16.6. The maximum atomic E-state index is 11.2. The van der Waals surface area contributed by atoms with E-state index in [1.54, 1.807) is 6.08 Å². The van der Waals surface area contributed by atoms with E-state index in [9.17, 15) is 9.90 Å². The Hall–Kier alpha value is -2.03. The van der Waals surface area contributed by atoms with Crippen molar-refractivity contribution in [1.82, 2.24) is 0 Å². The second kappa shape index (κ2) is 3.85. The molecule has 0 saturated carbocycles. The van der Waals surface area contributed by atoms with Gasteiger partial charge in [0.1, 0.15) is 0 Å². The van der Waals surface area contributed by atoms with Crippen molar-refractivity contribution in [1.29, 1.82) is 0 Å². The van der Waals surface area contributed by atoms with Crippen molar-refractivity contribution >= 4 is 12.0 Å². The Bertz CT molecular complexity index is 510. The molecule has 1 aliphatic heterocycles. The Kier molecular flexibility index (Phi) is 2.52. The average Bonchev–Trinajstić information content (AvgIpc) is 2.47. The maximum absolute atomic E-state index is 11.2. The largest absolute Gasteiger partial charge is 0.504 e. The van der Waals surface area contributed by atoms with Crippen LogP contribution in [-0.2, 0) is 9.53 Å². The Labute approximate surface area is 93.7 Å². The summed E-state index contributed by atoms with van der Waals surface area (Å²) in [7, 11) is 0. The van der Waals surface area contributed by atoms with Gasteiger partial charge in [0, 0.05) is 0 Å². The summed E-state index contributed by atoms with van der Waals surface area (Å²) in [6.45, 7) is 3.51. The van der Waals surface area contributed by atoms with Crippen molar-refractivity contribution in [3.8, 4) is 0 Å². The van der Waals surface area contributed by atoms with Crippen LogP contribution in [0.25, 0.3) is 6.08 Å². The van der Waals surface area contributed by atoms with Crippen LogP contribution in [0.5, 0.6) is 0 Å². The standard InChI is InChI=1S/C13H12O3/c1-8-4-3-5-10(6-8)7-11-12(14)9(2)13(15)16-11/h3-7,14H,1-2H3/b11-7-. The molecule has 1 aromatic rings. The minimum atomic E-state index is -0.489. The minimum Gasteiger partial charge on any atom is -0.504 e. The number of carbonyl (C=O) groups is 1. The molecule has 16 heavy (non-hydrogen) atoms. The summed E-state index contributed by atoms with van der Waals surface area (Å²) in [5, 5.41) is 9.62. The molecular weight excluding hydrogens is 204 g/mol. The summed E-state index contributed by atoms with van der Waals surface area (Å²) < 4.78 is 4.93. The SMILES string of the molecule is CC1=C(O)/C(=C/c2cccc(C)c2)OC1=O. The highest BCUT2D eigenvalue weighted by Crippen LogP contribution is 2.25. The number of aliphatic hydroxyl groups is 1. The summed E-state index contributed by atoms with van der Waals surface area (Å²) >= 11 is 0. The number of esters is 1. The number of aryl methyl sites for hydroxylation is 1. The maximum Gasteiger partial charge on any atom is 0.343 e. The normalized spacial score (nSPS) is 18.1. The van der Waals surface area contributed by atoms with Gasteiger partial charge in [0.25, 0.3) is 0 Å². The molecule has 0 unspecified atom stereocenters. The fourth-order valence-electron chi connectivity index (χ4n) is 1.52. The zero-order valence-electron chi connectivity index (χ0n) is 9.15. The molecule has 0 radical (unpaired) electrons. The Morgan fingerprint density at radius 3 is 2.62 bits per heavy atom. The van der Waals surface area contributed by atoms with Gasteiger partial charge in [-0.3, -0.25) is 0 Å². The molecule has 2 rings (SSSR count). The van der Waals surface area contributed by atoms with E-state index in [2.05, 4.69) is 0 Å². The van der Waals surface area contributed by atoms with Crippen LogP contribution in [0.4, 0.5) is 0 Å². The Morgan fingerprint density at radius 1 is 1.31 bits per heavy atom. The van der Waals surface area contributed by atoms with Gasteiger partial charge in [-0.05, 0) is 25.5 Å². The predicted octanol–water partition coefficient (Wildman–Crippen LogP) is 2.72. The first-order valence-electron chi connectivity index (χ1n) is 4.98. The third-order valence-electron chi connectivity index (χ3n) is 2.44. The van der Waals surface area contributed by atoms with Crippen molar-refractivity contribution in [3.63, 3.8) is 0 Å². The summed E-state index contributed by atoms with van der Waals surface area (Å²) in [4.78, 5) is 11.2. The van der Waals surface area contributed by atoms with Gasteiger partial charge in [0.05, 0.1) is 5.57 Å². The fourth-order valence-corrected chi connectivity index (χ4v) is 1.52. The Balaban J connectivity index is 2.37. The third kappa shape index (κ3) is 1.84. The number of hydrogen-bond donors (Lipinski definition) is 1. The Morgan fingerprint density at radius 2 is 2.06 bits per heavy atom. The number of benzene rings is 1. The molecule has 0 bridgehead atoms. The molecule has 0 spiro atoms. The van der Waals surface area contributed by atoms with E-state index in [0.717, 1.165) is 11.1 Å². The molecule has 3 nitrogen and oxygen atoms in total. The van der Waals surface area contributed by atoms with Crippen LogP contribution < -0.4 is 0 Å². The number of rotatable bonds is 1. The molecule has 0 saturated heterocycles. The molecule has 0 aromatic heterocycles. The molecule has 1 aliphatic rings. The molecule has 1 N–H and O–H groups in total. The lowest BCUT2D eigenvalue weighted by molar-refractivity contribution is -0.133. The number of carbonyl (C=O) groups excluding carboxylic acids is 1. The smallest absolute Gasteiger partial charge is 0.343 e. The average molecular weight is 216 g/mol. The lowest BCUT2D eigenvalue weighted by Gasteiger charge is -1.99. The molecule has 0 fully saturated rings. The van der Waals surface area contributed by atoms with Gasteiger partial charge in [-0.1, -0.05) is 29.8 Å². The molecule has 1 heterocycles. The number of ether oxygens (including phenoxy) is 1. The monoisotopic (exact) mass is 216 g/mol.